The number of nitrogens with one attached hydrogen (secondary N) is 2. The number of benzene rings is 2. The molecule has 0 spiro atoms. The van der Waals surface area contributed by atoms with Crippen molar-refractivity contribution in [1.29, 1.82) is 0 Å². The fraction of sp³-hybridized carbons (Fsp3) is 0.222. The highest BCUT2D eigenvalue weighted by molar-refractivity contribution is 8.00. The predicted octanol–water partition coefficient (Wildman–Crippen LogP) is 4.92. The fourth-order valence-electron chi connectivity index (χ4n) is 2.03. The summed E-state index contributed by atoms with van der Waals surface area (Å²) in [6.07, 6.45) is 0. The molecule has 0 fully saturated rings. The summed E-state index contributed by atoms with van der Waals surface area (Å²) in [5, 5.41) is 6.40. The third-order valence-electron chi connectivity index (χ3n) is 3.46. The minimum absolute atomic E-state index is 0.142. The van der Waals surface area contributed by atoms with Crippen molar-refractivity contribution in [1.82, 2.24) is 0 Å². The first-order valence-corrected chi connectivity index (χ1v) is 9.46. The van der Waals surface area contributed by atoms with Crippen LogP contribution in [0.25, 0.3) is 0 Å². The first-order chi connectivity index (χ1) is 11.8. The Morgan fingerprint density at radius 2 is 1.60 bits per heavy atom. The van der Waals surface area contributed by atoms with Gasteiger partial charge in [0.25, 0.3) is 0 Å². The number of hydrogen-bond acceptors (Lipinski definition) is 3. The molecule has 0 atom stereocenters. The van der Waals surface area contributed by atoms with Gasteiger partial charge < -0.3 is 10.6 Å². The molecule has 2 rings (SSSR count). The zero-order chi connectivity index (χ0) is 18.4. The third kappa shape index (κ3) is 6.27. The molecule has 2 amide bonds. The molecule has 4 nitrogen and oxygen atoms in total. The summed E-state index contributed by atoms with van der Waals surface area (Å²) in [5.74, 6) is -0.0673. The van der Waals surface area contributed by atoms with E-state index < -0.39 is 0 Å². The molecule has 0 radical (unpaired) electrons. The molecule has 0 heterocycles. The zero-order valence-electron chi connectivity index (χ0n) is 13.9. The molecule has 0 saturated carbocycles. The van der Waals surface area contributed by atoms with E-state index in [0.717, 1.165) is 11.3 Å². The number of carbonyl (C=O) groups excluding carboxylic acids is 2. The quantitative estimate of drug-likeness (QED) is 0.728. The second-order valence-corrected chi connectivity index (χ2v) is 7.34. The summed E-state index contributed by atoms with van der Waals surface area (Å²) >= 11 is 13.1. The minimum Gasteiger partial charge on any atom is -0.325 e. The second-order valence-electron chi connectivity index (χ2n) is 5.51. The van der Waals surface area contributed by atoms with Gasteiger partial charge in [-0.1, -0.05) is 29.3 Å². The number of hydrogen-bond donors (Lipinski definition) is 2. The molecule has 0 aliphatic heterocycles. The summed E-state index contributed by atoms with van der Waals surface area (Å²) in [5.41, 5.74) is 3.50. The highest BCUT2D eigenvalue weighted by Gasteiger charge is 2.09. The Morgan fingerprint density at radius 3 is 2.28 bits per heavy atom. The molecule has 0 aliphatic carbocycles. The van der Waals surface area contributed by atoms with Crippen LogP contribution in [0, 0.1) is 13.8 Å². The average Bonchev–Trinajstić information content (AvgIpc) is 2.54. The Bertz CT molecular complexity index is 797. The molecule has 25 heavy (non-hydrogen) atoms. The lowest BCUT2D eigenvalue weighted by Crippen LogP contribution is -2.18. The maximum Gasteiger partial charge on any atom is 0.234 e. The summed E-state index contributed by atoms with van der Waals surface area (Å²) in [6.45, 7) is 4.01. The van der Waals surface area contributed by atoms with Gasteiger partial charge in [0.05, 0.1) is 22.2 Å². The smallest absolute Gasteiger partial charge is 0.234 e. The van der Waals surface area contributed by atoms with Crippen LogP contribution in [0.5, 0.6) is 0 Å². The van der Waals surface area contributed by atoms with Gasteiger partial charge in [0.1, 0.15) is 0 Å². The van der Waals surface area contributed by atoms with E-state index >= 15 is 0 Å². The molecular weight excluding hydrogens is 379 g/mol. The summed E-state index contributed by atoms with van der Waals surface area (Å²) in [4.78, 5) is 23.9. The highest BCUT2D eigenvalue weighted by atomic mass is 35.5. The van der Waals surface area contributed by atoms with E-state index in [1.54, 1.807) is 18.2 Å². The van der Waals surface area contributed by atoms with Crippen LogP contribution >= 0.6 is 35.0 Å². The van der Waals surface area contributed by atoms with Crippen molar-refractivity contribution < 1.29 is 9.59 Å². The van der Waals surface area contributed by atoms with Gasteiger partial charge in [-0.05, 0) is 55.3 Å². The lowest BCUT2D eigenvalue weighted by atomic mass is 10.1. The number of carbonyl (C=O) groups is 2. The standard InChI is InChI=1S/C18H18Cl2N2O2S/c1-11-3-5-14(7-12(11)2)21-17(23)9-25-10-18(24)22-16-8-13(19)4-6-15(16)20/h3-8H,9-10H2,1-2H3,(H,21,23)(H,22,24). The first kappa shape index (κ1) is 19.6. The Balaban J connectivity index is 1.77. The average molecular weight is 397 g/mol. The number of anilines is 2. The van der Waals surface area contributed by atoms with Crippen LogP contribution in [-0.4, -0.2) is 23.3 Å². The Kier molecular flexibility index (Phi) is 7.17. The largest absolute Gasteiger partial charge is 0.325 e. The molecule has 0 aliphatic rings. The van der Waals surface area contributed by atoms with Gasteiger partial charge >= 0.3 is 0 Å². The summed E-state index contributed by atoms with van der Waals surface area (Å²) in [6, 6.07) is 10.6. The monoisotopic (exact) mass is 396 g/mol. The van der Waals surface area contributed by atoms with Crippen molar-refractivity contribution >= 4 is 58.2 Å². The number of rotatable bonds is 6. The van der Waals surface area contributed by atoms with E-state index in [1.165, 1.54) is 17.3 Å². The molecule has 132 valence electrons. The number of thioether (sulfide) groups is 1. The van der Waals surface area contributed by atoms with Crippen LogP contribution in [0.1, 0.15) is 11.1 Å². The van der Waals surface area contributed by atoms with Crippen molar-refractivity contribution in [3.05, 3.63) is 57.6 Å². The summed E-state index contributed by atoms with van der Waals surface area (Å²) < 4.78 is 0. The molecule has 0 aromatic heterocycles. The topological polar surface area (TPSA) is 58.2 Å². The van der Waals surface area contributed by atoms with Gasteiger partial charge in [0, 0.05) is 10.7 Å². The van der Waals surface area contributed by atoms with Crippen LogP contribution < -0.4 is 10.6 Å². The first-order valence-electron chi connectivity index (χ1n) is 7.55. The van der Waals surface area contributed by atoms with E-state index in [9.17, 15) is 9.59 Å². The van der Waals surface area contributed by atoms with Crippen molar-refractivity contribution in [2.24, 2.45) is 0 Å². The SMILES string of the molecule is Cc1ccc(NC(=O)CSCC(=O)Nc2cc(Cl)ccc2Cl)cc1C. The fourth-order valence-corrected chi connectivity index (χ4v) is 2.99. The van der Waals surface area contributed by atoms with Gasteiger partial charge in [0.15, 0.2) is 0 Å². The number of aryl methyl sites for hydroxylation is 2. The molecule has 0 unspecified atom stereocenters. The van der Waals surface area contributed by atoms with Crippen LogP contribution in [0.2, 0.25) is 10.0 Å². The maximum atomic E-state index is 11.9. The normalized spacial score (nSPS) is 10.4. The minimum atomic E-state index is -0.242. The Morgan fingerprint density at radius 1 is 0.920 bits per heavy atom. The van der Waals surface area contributed by atoms with E-state index in [-0.39, 0.29) is 23.3 Å². The van der Waals surface area contributed by atoms with Gasteiger partial charge in [-0.15, -0.1) is 11.8 Å². The second kappa shape index (κ2) is 9.13. The highest BCUT2D eigenvalue weighted by Crippen LogP contribution is 2.25. The van der Waals surface area contributed by atoms with Crippen molar-refractivity contribution in [2.75, 3.05) is 22.1 Å². The van der Waals surface area contributed by atoms with Gasteiger partial charge in [-0.25, -0.2) is 0 Å². The molecule has 2 N–H and O–H groups in total. The lowest BCUT2D eigenvalue weighted by Gasteiger charge is -2.09. The Hall–Kier alpha value is -1.69. The Labute approximate surface area is 161 Å². The predicted molar refractivity (Wildman–Crippen MR) is 107 cm³/mol. The summed E-state index contributed by atoms with van der Waals surface area (Å²) in [7, 11) is 0. The van der Waals surface area contributed by atoms with Gasteiger partial charge in [0.2, 0.25) is 11.8 Å². The molecule has 2 aromatic rings. The van der Waals surface area contributed by atoms with Gasteiger partial charge in [-0.3, -0.25) is 9.59 Å². The molecular formula is C18H18Cl2N2O2S. The van der Waals surface area contributed by atoms with Crippen LogP contribution in [0.15, 0.2) is 36.4 Å². The van der Waals surface area contributed by atoms with E-state index in [1.807, 2.05) is 32.0 Å². The van der Waals surface area contributed by atoms with Crippen LogP contribution in [0.4, 0.5) is 11.4 Å². The van der Waals surface area contributed by atoms with E-state index in [0.29, 0.717) is 15.7 Å². The van der Waals surface area contributed by atoms with E-state index in [4.69, 9.17) is 23.2 Å². The molecule has 0 bridgehead atoms. The third-order valence-corrected chi connectivity index (χ3v) is 4.96. The number of amides is 2. The number of halogens is 2. The maximum absolute atomic E-state index is 11.9. The molecule has 2 aromatic carbocycles. The lowest BCUT2D eigenvalue weighted by molar-refractivity contribution is -0.114. The van der Waals surface area contributed by atoms with Crippen molar-refractivity contribution in [3.8, 4) is 0 Å². The van der Waals surface area contributed by atoms with E-state index in [2.05, 4.69) is 10.6 Å². The van der Waals surface area contributed by atoms with Gasteiger partial charge in [-0.2, -0.15) is 0 Å². The molecule has 0 saturated heterocycles. The zero-order valence-corrected chi connectivity index (χ0v) is 16.2. The van der Waals surface area contributed by atoms with Crippen LogP contribution in [0.3, 0.4) is 0 Å². The van der Waals surface area contributed by atoms with Crippen molar-refractivity contribution in [3.63, 3.8) is 0 Å². The van der Waals surface area contributed by atoms with Crippen LogP contribution in [-0.2, 0) is 9.59 Å². The van der Waals surface area contributed by atoms with Crippen molar-refractivity contribution in [2.45, 2.75) is 13.8 Å². The molecule has 7 heteroatoms.